The quantitative estimate of drug-likeness (QED) is 0.519. The summed E-state index contributed by atoms with van der Waals surface area (Å²) in [4.78, 5) is 26.0. The number of aromatic nitrogens is 4. The van der Waals surface area contributed by atoms with Crippen molar-refractivity contribution in [2.24, 2.45) is 0 Å². The summed E-state index contributed by atoms with van der Waals surface area (Å²) >= 11 is 1.49. The highest BCUT2D eigenvalue weighted by atomic mass is 32.1. The molecule has 31 heavy (non-hydrogen) atoms. The molecule has 8 nitrogen and oxygen atoms in total. The molecular formula is C22H21N7OS. The van der Waals surface area contributed by atoms with Gasteiger partial charge in [0, 0.05) is 48.0 Å². The molecule has 1 fully saturated rings. The SMILES string of the molecule is CN(C)C1CN(c2cc(C(=O)Nc3cc4cc(-c5nncs5)ccc4cn3)ccn2)C1. The van der Waals surface area contributed by atoms with E-state index in [1.165, 1.54) is 11.3 Å². The second-order valence-electron chi connectivity index (χ2n) is 7.75. The van der Waals surface area contributed by atoms with Gasteiger partial charge < -0.3 is 15.1 Å². The standard InChI is InChI=1S/C22H21N7OS/c1-28(2)18-11-29(12-18)20-9-14(5-6-23-20)21(30)26-19-8-17-7-15(22-27-25-13-31-22)3-4-16(17)10-24-19/h3-10,13,18H,11-12H2,1-2H3,(H,24,26,30). The Morgan fingerprint density at radius 2 is 2.00 bits per heavy atom. The molecule has 156 valence electrons. The topological polar surface area (TPSA) is 87.1 Å². The summed E-state index contributed by atoms with van der Waals surface area (Å²) in [5.41, 5.74) is 3.26. The average Bonchev–Trinajstić information content (AvgIpc) is 3.27. The monoisotopic (exact) mass is 431 g/mol. The Labute approximate surface area is 183 Å². The van der Waals surface area contributed by atoms with Crippen molar-refractivity contribution in [2.75, 3.05) is 37.4 Å². The lowest BCUT2D eigenvalue weighted by Crippen LogP contribution is -2.57. The van der Waals surface area contributed by atoms with Gasteiger partial charge in [0.1, 0.15) is 22.2 Å². The smallest absolute Gasteiger partial charge is 0.257 e. The van der Waals surface area contributed by atoms with Crippen molar-refractivity contribution < 1.29 is 4.79 Å². The van der Waals surface area contributed by atoms with Gasteiger partial charge in [-0.1, -0.05) is 23.5 Å². The second-order valence-corrected chi connectivity index (χ2v) is 8.59. The zero-order valence-corrected chi connectivity index (χ0v) is 18.0. The van der Waals surface area contributed by atoms with Gasteiger partial charge in [-0.3, -0.25) is 4.79 Å². The minimum absolute atomic E-state index is 0.208. The van der Waals surface area contributed by atoms with Crippen LogP contribution in [0.5, 0.6) is 0 Å². The summed E-state index contributed by atoms with van der Waals surface area (Å²) in [7, 11) is 4.15. The van der Waals surface area contributed by atoms with E-state index in [1.807, 2.05) is 30.3 Å². The molecule has 1 aliphatic rings. The lowest BCUT2D eigenvalue weighted by Gasteiger charge is -2.43. The predicted molar refractivity (Wildman–Crippen MR) is 123 cm³/mol. The van der Waals surface area contributed by atoms with E-state index in [-0.39, 0.29) is 5.91 Å². The van der Waals surface area contributed by atoms with Gasteiger partial charge in [0.05, 0.1) is 0 Å². The van der Waals surface area contributed by atoms with Crippen LogP contribution in [-0.2, 0) is 0 Å². The van der Waals surface area contributed by atoms with Crippen LogP contribution < -0.4 is 10.2 Å². The number of hydrogen-bond acceptors (Lipinski definition) is 8. The third-order valence-corrected chi connectivity index (χ3v) is 6.23. The van der Waals surface area contributed by atoms with Gasteiger partial charge in [0.15, 0.2) is 0 Å². The van der Waals surface area contributed by atoms with Gasteiger partial charge in [-0.05, 0) is 43.7 Å². The van der Waals surface area contributed by atoms with Crippen molar-refractivity contribution in [1.29, 1.82) is 0 Å². The fourth-order valence-corrected chi connectivity index (χ4v) is 4.08. The number of nitrogens with one attached hydrogen (secondary N) is 1. The number of likely N-dealkylation sites (N-methyl/N-ethyl adjacent to an activating group) is 1. The fraction of sp³-hybridized carbons (Fsp3) is 0.227. The molecule has 0 saturated carbocycles. The van der Waals surface area contributed by atoms with Gasteiger partial charge >= 0.3 is 0 Å². The van der Waals surface area contributed by atoms with Crippen molar-refractivity contribution in [2.45, 2.75) is 6.04 Å². The first-order valence-electron chi connectivity index (χ1n) is 9.92. The Morgan fingerprint density at radius 3 is 2.77 bits per heavy atom. The van der Waals surface area contributed by atoms with Crippen molar-refractivity contribution in [3.63, 3.8) is 0 Å². The molecule has 0 radical (unpaired) electrons. The predicted octanol–water partition coefficient (Wildman–Crippen LogP) is 3.15. The lowest BCUT2D eigenvalue weighted by molar-refractivity contribution is 0.102. The third kappa shape index (κ3) is 3.97. The molecule has 1 aliphatic heterocycles. The van der Waals surface area contributed by atoms with Crippen LogP contribution in [-0.4, -0.2) is 64.2 Å². The molecule has 0 aliphatic carbocycles. The first-order valence-corrected chi connectivity index (χ1v) is 10.8. The van der Waals surface area contributed by atoms with E-state index in [0.717, 1.165) is 40.3 Å². The molecule has 4 heterocycles. The highest BCUT2D eigenvalue weighted by Gasteiger charge is 2.29. The van der Waals surface area contributed by atoms with E-state index in [1.54, 1.807) is 24.0 Å². The second kappa shape index (κ2) is 8.01. The summed E-state index contributed by atoms with van der Waals surface area (Å²) < 4.78 is 0. The number of amides is 1. The lowest BCUT2D eigenvalue weighted by atomic mass is 10.1. The van der Waals surface area contributed by atoms with E-state index < -0.39 is 0 Å². The molecule has 1 aromatic carbocycles. The van der Waals surface area contributed by atoms with E-state index in [0.29, 0.717) is 17.4 Å². The molecule has 4 aromatic rings. The molecule has 3 aromatic heterocycles. The summed E-state index contributed by atoms with van der Waals surface area (Å²) in [5, 5.41) is 13.8. The van der Waals surface area contributed by atoms with Crippen molar-refractivity contribution in [1.82, 2.24) is 25.1 Å². The molecule has 0 unspecified atom stereocenters. The van der Waals surface area contributed by atoms with Crippen molar-refractivity contribution in [3.8, 4) is 10.6 Å². The van der Waals surface area contributed by atoms with Gasteiger partial charge in [-0.2, -0.15) is 0 Å². The fourth-order valence-electron chi connectivity index (χ4n) is 3.53. The Hall–Kier alpha value is -3.43. The molecule has 9 heteroatoms. The molecule has 0 atom stereocenters. The Bertz CT molecular complexity index is 1240. The molecule has 5 rings (SSSR count). The van der Waals surface area contributed by atoms with Gasteiger partial charge in [0.2, 0.25) is 0 Å². The van der Waals surface area contributed by atoms with Gasteiger partial charge in [0.25, 0.3) is 5.91 Å². The van der Waals surface area contributed by atoms with E-state index in [9.17, 15) is 4.79 Å². The number of hydrogen-bond donors (Lipinski definition) is 1. The number of rotatable bonds is 5. The maximum absolute atomic E-state index is 12.8. The van der Waals surface area contributed by atoms with Gasteiger partial charge in [-0.15, -0.1) is 10.2 Å². The number of nitrogens with zero attached hydrogens (tertiary/aromatic N) is 6. The van der Waals surface area contributed by atoms with Crippen LogP contribution in [0, 0.1) is 0 Å². The molecule has 0 spiro atoms. The highest BCUT2D eigenvalue weighted by molar-refractivity contribution is 7.12. The minimum Gasteiger partial charge on any atom is -0.353 e. The Kier molecular flexibility index (Phi) is 5.05. The van der Waals surface area contributed by atoms with Crippen LogP contribution >= 0.6 is 11.3 Å². The van der Waals surface area contributed by atoms with E-state index >= 15 is 0 Å². The van der Waals surface area contributed by atoms with Crippen molar-refractivity contribution >= 4 is 39.7 Å². The summed E-state index contributed by atoms with van der Waals surface area (Å²) in [6, 6.07) is 12.0. The van der Waals surface area contributed by atoms with Crippen LogP contribution in [0.2, 0.25) is 0 Å². The van der Waals surface area contributed by atoms with Crippen LogP contribution in [0.4, 0.5) is 11.6 Å². The van der Waals surface area contributed by atoms with Crippen molar-refractivity contribution in [3.05, 3.63) is 59.9 Å². The summed E-state index contributed by atoms with van der Waals surface area (Å²) in [6.45, 7) is 1.82. The number of fused-ring (bicyclic) bond motifs is 1. The Morgan fingerprint density at radius 1 is 1.13 bits per heavy atom. The largest absolute Gasteiger partial charge is 0.353 e. The summed E-state index contributed by atoms with van der Waals surface area (Å²) in [6.07, 6.45) is 3.43. The molecule has 1 saturated heterocycles. The number of pyridine rings is 2. The Balaban J connectivity index is 1.34. The zero-order valence-electron chi connectivity index (χ0n) is 17.2. The van der Waals surface area contributed by atoms with E-state index in [2.05, 4.69) is 49.4 Å². The number of carbonyl (C=O) groups excluding carboxylic acids is 1. The highest BCUT2D eigenvalue weighted by Crippen LogP contribution is 2.26. The van der Waals surface area contributed by atoms with E-state index in [4.69, 9.17) is 0 Å². The third-order valence-electron chi connectivity index (χ3n) is 5.49. The minimum atomic E-state index is -0.208. The first kappa shape index (κ1) is 19.5. The summed E-state index contributed by atoms with van der Waals surface area (Å²) in [5.74, 6) is 1.11. The molecule has 1 amide bonds. The number of benzene rings is 1. The molecule has 1 N–H and O–H groups in total. The number of anilines is 2. The number of carbonyl (C=O) groups is 1. The maximum atomic E-state index is 12.8. The van der Waals surface area contributed by atoms with Crippen LogP contribution in [0.15, 0.2) is 54.3 Å². The maximum Gasteiger partial charge on any atom is 0.257 e. The van der Waals surface area contributed by atoms with Crippen LogP contribution in [0.3, 0.4) is 0 Å². The molecular weight excluding hydrogens is 410 g/mol. The molecule has 0 bridgehead atoms. The average molecular weight is 432 g/mol. The van der Waals surface area contributed by atoms with Crippen LogP contribution in [0.1, 0.15) is 10.4 Å². The zero-order chi connectivity index (χ0) is 21.4. The van der Waals surface area contributed by atoms with Gasteiger partial charge in [-0.25, -0.2) is 9.97 Å². The normalized spacial score (nSPS) is 14.1. The first-order chi connectivity index (χ1) is 15.1. The van der Waals surface area contributed by atoms with Crippen LogP contribution in [0.25, 0.3) is 21.3 Å².